The molecule has 15 heavy (non-hydrogen) atoms. The molecule has 0 amide bonds. The Hall–Kier alpha value is -0.640. The highest BCUT2D eigenvalue weighted by Gasteiger charge is 2.23. The highest BCUT2D eigenvalue weighted by Crippen LogP contribution is 2.21. The number of aromatic nitrogens is 2. The molecule has 0 aliphatic carbocycles. The predicted molar refractivity (Wildman–Crippen MR) is 67.7 cm³/mol. The summed E-state index contributed by atoms with van der Waals surface area (Å²) in [5.74, 6) is 0.978. The smallest absolute Gasteiger partial charge is 0.132 e. The Morgan fingerprint density at radius 2 is 2.07 bits per heavy atom. The molecular weight excluding hydrogens is 254 g/mol. The first-order valence-corrected chi connectivity index (χ1v) is 6.24. The van der Waals surface area contributed by atoms with Gasteiger partial charge in [0.2, 0.25) is 0 Å². The number of hydrogen-bond donors (Lipinski definition) is 0. The summed E-state index contributed by atoms with van der Waals surface area (Å²) in [6, 6.07) is 2.05. The standard InChI is InChI=1S/C11H18BrN3/c1-5-9-6-10(14-8-13-9)15(4)11(2,3)7-12/h6,8H,5,7H2,1-4H3. The lowest BCUT2D eigenvalue weighted by atomic mass is 10.1. The van der Waals surface area contributed by atoms with Gasteiger partial charge in [-0.3, -0.25) is 0 Å². The minimum Gasteiger partial charge on any atom is -0.354 e. The zero-order chi connectivity index (χ0) is 11.5. The van der Waals surface area contributed by atoms with Crippen molar-refractivity contribution >= 4 is 21.7 Å². The average Bonchev–Trinajstić information content (AvgIpc) is 2.28. The van der Waals surface area contributed by atoms with Crippen molar-refractivity contribution in [3.63, 3.8) is 0 Å². The average molecular weight is 272 g/mol. The summed E-state index contributed by atoms with van der Waals surface area (Å²) in [4.78, 5) is 10.7. The van der Waals surface area contributed by atoms with Crippen LogP contribution in [-0.2, 0) is 6.42 Å². The van der Waals surface area contributed by atoms with Gasteiger partial charge in [-0.15, -0.1) is 0 Å². The Bertz CT molecular complexity index is 325. The normalized spacial score (nSPS) is 11.5. The first-order valence-electron chi connectivity index (χ1n) is 5.12. The van der Waals surface area contributed by atoms with E-state index in [-0.39, 0.29) is 5.54 Å². The number of alkyl halides is 1. The van der Waals surface area contributed by atoms with Crippen LogP contribution in [0.25, 0.3) is 0 Å². The van der Waals surface area contributed by atoms with Crippen LogP contribution in [0.2, 0.25) is 0 Å². The third-order valence-electron chi connectivity index (χ3n) is 2.65. The molecule has 0 radical (unpaired) electrons. The molecule has 0 aliphatic heterocycles. The van der Waals surface area contributed by atoms with E-state index in [4.69, 9.17) is 0 Å². The van der Waals surface area contributed by atoms with Crippen LogP contribution in [0.15, 0.2) is 12.4 Å². The molecule has 0 aliphatic rings. The summed E-state index contributed by atoms with van der Waals surface area (Å²) < 4.78 is 0. The quantitative estimate of drug-likeness (QED) is 0.789. The molecule has 0 aromatic carbocycles. The summed E-state index contributed by atoms with van der Waals surface area (Å²) in [5.41, 5.74) is 1.14. The van der Waals surface area contributed by atoms with E-state index in [1.807, 2.05) is 6.07 Å². The largest absolute Gasteiger partial charge is 0.354 e. The van der Waals surface area contributed by atoms with Gasteiger partial charge in [0, 0.05) is 29.7 Å². The Kier molecular flexibility index (Phi) is 4.08. The van der Waals surface area contributed by atoms with Gasteiger partial charge in [0.1, 0.15) is 12.1 Å². The number of hydrogen-bond acceptors (Lipinski definition) is 3. The number of anilines is 1. The van der Waals surface area contributed by atoms with Crippen LogP contribution in [0.4, 0.5) is 5.82 Å². The second kappa shape index (κ2) is 4.92. The summed E-state index contributed by atoms with van der Waals surface area (Å²) in [6.07, 6.45) is 2.58. The van der Waals surface area contributed by atoms with Gasteiger partial charge < -0.3 is 4.90 Å². The highest BCUT2D eigenvalue weighted by molar-refractivity contribution is 9.09. The van der Waals surface area contributed by atoms with Crippen molar-refractivity contribution in [3.05, 3.63) is 18.1 Å². The van der Waals surface area contributed by atoms with E-state index >= 15 is 0 Å². The van der Waals surface area contributed by atoms with Gasteiger partial charge in [0.05, 0.1) is 0 Å². The molecule has 0 unspecified atom stereocenters. The van der Waals surface area contributed by atoms with Crippen molar-refractivity contribution < 1.29 is 0 Å². The minimum atomic E-state index is 0.0549. The molecule has 0 saturated carbocycles. The molecule has 4 heteroatoms. The third-order valence-corrected chi connectivity index (χ3v) is 4.02. The lowest BCUT2D eigenvalue weighted by molar-refractivity contribution is 0.546. The molecule has 3 nitrogen and oxygen atoms in total. The van der Waals surface area contributed by atoms with Crippen molar-refractivity contribution in [1.82, 2.24) is 9.97 Å². The van der Waals surface area contributed by atoms with Crippen molar-refractivity contribution in [2.45, 2.75) is 32.7 Å². The van der Waals surface area contributed by atoms with E-state index in [1.165, 1.54) is 0 Å². The zero-order valence-electron chi connectivity index (χ0n) is 9.79. The Morgan fingerprint density at radius 3 is 2.60 bits per heavy atom. The molecule has 0 bridgehead atoms. The number of rotatable bonds is 4. The van der Waals surface area contributed by atoms with Crippen LogP contribution in [0.1, 0.15) is 26.5 Å². The maximum Gasteiger partial charge on any atom is 0.132 e. The van der Waals surface area contributed by atoms with E-state index in [0.717, 1.165) is 23.3 Å². The SMILES string of the molecule is CCc1cc(N(C)C(C)(C)CBr)ncn1. The molecule has 84 valence electrons. The third kappa shape index (κ3) is 2.91. The van der Waals surface area contributed by atoms with Crippen LogP contribution in [0.5, 0.6) is 0 Å². The second-order valence-corrected chi connectivity index (χ2v) is 4.79. The van der Waals surface area contributed by atoms with Gasteiger partial charge in [-0.1, -0.05) is 22.9 Å². The van der Waals surface area contributed by atoms with Crippen LogP contribution in [0.3, 0.4) is 0 Å². The summed E-state index contributed by atoms with van der Waals surface area (Å²) in [5, 5.41) is 0.905. The van der Waals surface area contributed by atoms with Gasteiger partial charge in [-0.2, -0.15) is 0 Å². The lowest BCUT2D eigenvalue weighted by Gasteiger charge is -2.35. The van der Waals surface area contributed by atoms with E-state index in [0.29, 0.717) is 0 Å². The number of aryl methyl sites for hydroxylation is 1. The first kappa shape index (κ1) is 12.4. The molecule has 1 aromatic heterocycles. The minimum absolute atomic E-state index is 0.0549. The fourth-order valence-corrected chi connectivity index (χ4v) is 1.54. The van der Waals surface area contributed by atoms with E-state index in [9.17, 15) is 0 Å². The van der Waals surface area contributed by atoms with Crippen LogP contribution in [0, 0.1) is 0 Å². The number of nitrogens with zero attached hydrogens (tertiary/aromatic N) is 3. The lowest BCUT2D eigenvalue weighted by Crippen LogP contribution is -2.43. The molecule has 0 spiro atoms. The molecule has 0 saturated heterocycles. The van der Waals surface area contributed by atoms with Crippen LogP contribution >= 0.6 is 15.9 Å². The predicted octanol–water partition coefficient (Wildman–Crippen LogP) is 2.65. The molecule has 1 heterocycles. The molecular formula is C11H18BrN3. The highest BCUT2D eigenvalue weighted by atomic mass is 79.9. The Balaban J connectivity index is 2.95. The van der Waals surface area contributed by atoms with Gasteiger partial charge in [0.15, 0.2) is 0 Å². The molecule has 1 rings (SSSR count). The summed E-state index contributed by atoms with van der Waals surface area (Å²) >= 11 is 3.52. The fraction of sp³-hybridized carbons (Fsp3) is 0.636. The number of halogens is 1. The van der Waals surface area contributed by atoms with Gasteiger partial charge in [0.25, 0.3) is 0 Å². The molecule has 0 atom stereocenters. The Labute approximate surface area is 100 Å². The van der Waals surface area contributed by atoms with E-state index in [2.05, 4.69) is 58.6 Å². The van der Waals surface area contributed by atoms with Gasteiger partial charge in [-0.05, 0) is 20.3 Å². The summed E-state index contributed by atoms with van der Waals surface area (Å²) in [6.45, 7) is 6.45. The second-order valence-electron chi connectivity index (χ2n) is 4.23. The monoisotopic (exact) mass is 271 g/mol. The van der Waals surface area contributed by atoms with Crippen molar-refractivity contribution in [2.24, 2.45) is 0 Å². The van der Waals surface area contributed by atoms with Crippen molar-refractivity contribution in [3.8, 4) is 0 Å². The van der Waals surface area contributed by atoms with Gasteiger partial charge >= 0.3 is 0 Å². The molecule has 1 aromatic rings. The fourth-order valence-electron chi connectivity index (χ4n) is 1.16. The maximum atomic E-state index is 4.30. The first-order chi connectivity index (χ1) is 7.01. The van der Waals surface area contributed by atoms with E-state index < -0.39 is 0 Å². The van der Waals surface area contributed by atoms with Gasteiger partial charge in [-0.25, -0.2) is 9.97 Å². The maximum absolute atomic E-state index is 4.30. The molecule has 0 N–H and O–H groups in total. The summed E-state index contributed by atoms with van der Waals surface area (Å²) in [7, 11) is 2.06. The van der Waals surface area contributed by atoms with Crippen LogP contribution in [-0.4, -0.2) is 27.9 Å². The van der Waals surface area contributed by atoms with E-state index in [1.54, 1.807) is 6.33 Å². The zero-order valence-corrected chi connectivity index (χ0v) is 11.4. The van der Waals surface area contributed by atoms with Crippen molar-refractivity contribution in [2.75, 3.05) is 17.3 Å². The topological polar surface area (TPSA) is 29.0 Å². The molecule has 0 fully saturated rings. The van der Waals surface area contributed by atoms with Crippen molar-refractivity contribution in [1.29, 1.82) is 0 Å². The van der Waals surface area contributed by atoms with Crippen LogP contribution < -0.4 is 4.90 Å². The Morgan fingerprint density at radius 1 is 1.40 bits per heavy atom.